The van der Waals surface area contributed by atoms with E-state index in [4.69, 9.17) is 14.2 Å². The predicted molar refractivity (Wildman–Crippen MR) is 113 cm³/mol. The number of benzene rings is 2. The summed E-state index contributed by atoms with van der Waals surface area (Å²) in [6, 6.07) is 11.6. The average molecular weight is 412 g/mol. The highest BCUT2D eigenvalue weighted by molar-refractivity contribution is 5.96. The molecule has 0 aromatic heterocycles. The third-order valence-electron chi connectivity index (χ3n) is 3.90. The fraction of sp³-hybridized carbons (Fsp3) is 0.227. The average Bonchev–Trinajstić information content (AvgIpc) is 2.77. The molecule has 2 N–H and O–H groups in total. The third kappa shape index (κ3) is 6.66. The maximum atomic E-state index is 11.9. The van der Waals surface area contributed by atoms with E-state index in [-0.39, 0.29) is 5.91 Å². The van der Waals surface area contributed by atoms with Crippen LogP contribution in [0.25, 0.3) is 6.08 Å². The number of anilines is 1. The van der Waals surface area contributed by atoms with Crippen molar-refractivity contribution in [3.8, 4) is 11.5 Å². The van der Waals surface area contributed by atoms with Crippen LogP contribution in [0.5, 0.6) is 11.5 Å². The van der Waals surface area contributed by atoms with E-state index in [1.54, 1.807) is 48.5 Å². The van der Waals surface area contributed by atoms with Crippen molar-refractivity contribution in [3.05, 3.63) is 59.7 Å². The molecular weight excluding hydrogens is 388 g/mol. The van der Waals surface area contributed by atoms with Crippen LogP contribution in [0.3, 0.4) is 0 Å². The fourth-order valence-electron chi connectivity index (χ4n) is 2.46. The van der Waals surface area contributed by atoms with Crippen molar-refractivity contribution in [2.75, 3.05) is 32.7 Å². The van der Waals surface area contributed by atoms with E-state index in [1.165, 1.54) is 20.2 Å². The van der Waals surface area contributed by atoms with Crippen LogP contribution < -0.4 is 20.1 Å². The normalized spacial score (nSPS) is 10.4. The van der Waals surface area contributed by atoms with Crippen LogP contribution in [0.1, 0.15) is 22.8 Å². The highest BCUT2D eigenvalue weighted by Gasteiger charge is 2.08. The summed E-state index contributed by atoms with van der Waals surface area (Å²) >= 11 is 0. The van der Waals surface area contributed by atoms with Crippen LogP contribution in [0.2, 0.25) is 0 Å². The van der Waals surface area contributed by atoms with Gasteiger partial charge in [0.2, 0.25) is 0 Å². The van der Waals surface area contributed by atoms with Gasteiger partial charge in [-0.1, -0.05) is 6.07 Å². The van der Waals surface area contributed by atoms with Gasteiger partial charge in [-0.15, -0.1) is 0 Å². The van der Waals surface area contributed by atoms with Crippen LogP contribution in [0.15, 0.2) is 48.5 Å². The lowest BCUT2D eigenvalue weighted by molar-refractivity contribution is -0.142. The maximum absolute atomic E-state index is 11.9. The Morgan fingerprint density at radius 1 is 1.03 bits per heavy atom. The van der Waals surface area contributed by atoms with E-state index in [2.05, 4.69) is 10.6 Å². The first kappa shape index (κ1) is 22.5. The van der Waals surface area contributed by atoms with Gasteiger partial charge in [-0.3, -0.25) is 9.59 Å². The lowest BCUT2D eigenvalue weighted by atomic mass is 10.2. The molecule has 2 rings (SSSR count). The Labute approximate surface area is 174 Å². The number of methoxy groups -OCH3 is 1. The molecule has 0 radical (unpaired) electrons. The van der Waals surface area contributed by atoms with Crippen LogP contribution >= 0.6 is 0 Å². The zero-order chi connectivity index (χ0) is 21.9. The molecule has 0 aliphatic rings. The Morgan fingerprint density at radius 2 is 1.77 bits per heavy atom. The summed E-state index contributed by atoms with van der Waals surface area (Å²) in [5.74, 6) is -0.215. The molecule has 0 aliphatic carbocycles. The number of hydrogen-bond donors (Lipinski definition) is 2. The van der Waals surface area contributed by atoms with Crippen molar-refractivity contribution in [1.29, 1.82) is 0 Å². The van der Waals surface area contributed by atoms with Crippen molar-refractivity contribution in [2.45, 2.75) is 6.92 Å². The molecule has 2 aromatic carbocycles. The Bertz CT molecular complexity index is 922. The first-order valence-electron chi connectivity index (χ1n) is 9.24. The van der Waals surface area contributed by atoms with E-state index in [1.807, 2.05) is 6.92 Å². The topological polar surface area (TPSA) is 103 Å². The van der Waals surface area contributed by atoms with Crippen molar-refractivity contribution < 1.29 is 28.6 Å². The van der Waals surface area contributed by atoms with Gasteiger partial charge in [0, 0.05) is 24.4 Å². The number of hydrogen-bond acceptors (Lipinski definition) is 6. The smallest absolute Gasteiger partial charge is 0.331 e. The Balaban J connectivity index is 1.85. The number of ether oxygens (including phenoxy) is 3. The largest absolute Gasteiger partial charge is 0.493 e. The van der Waals surface area contributed by atoms with E-state index in [0.717, 1.165) is 0 Å². The van der Waals surface area contributed by atoms with Gasteiger partial charge >= 0.3 is 5.97 Å². The molecule has 2 aromatic rings. The minimum absolute atomic E-state index is 0.223. The second-order valence-corrected chi connectivity index (χ2v) is 5.99. The molecule has 0 saturated carbocycles. The zero-order valence-corrected chi connectivity index (χ0v) is 17.1. The van der Waals surface area contributed by atoms with Gasteiger partial charge in [0.05, 0.1) is 13.7 Å². The minimum Gasteiger partial charge on any atom is -0.493 e. The van der Waals surface area contributed by atoms with E-state index in [9.17, 15) is 14.4 Å². The zero-order valence-electron chi connectivity index (χ0n) is 17.1. The van der Waals surface area contributed by atoms with Crippen molar-refractivity contribution >= 4 is 29.5 Å². The number of esters is 1. The van der Waals surface area contributed by atoms with E-state index < -0.39 is 18.5 Å². The summed E-state index contributed by atoms with van der Waals surface area (Å²) < 4.78 is 15.6. The SMILES string of the molecule is CCOc1ccc(/C=C/C(=O)OCC(=O)Nc2ccc(C(=O)NC)cc2)cc1OC. The highest BCUT2D eigenvalue weighted by Crippen LogP contribution is 2.28. The lowest BCUT2D eigenvalue weighted by Crippen LogP contribution is -2.20. The van der Waals surface area contributed by atoms with Crippen LogP contribution in [-0.4, -0.2) is 45.2 Å². The van der Waals surface area contributed by atoms with Gasteiger partial charge in [0.1, 0.15) is 0 Å². The second-order valence-electron chi connectivity index (χ2n) is 5.99. The van der Waals surface area contributed by atoms with Gasteiger partial charge in [-0.25, -0.2) is 4.79 Å². The Hall–Kier alpha value is -3.81. The summed E-state index contributed by atoms with van der Waals surface area (Å²) in [5, 5.41) is 5.10. The van der Waals surface area contributed by atoms with Crippen molar-refractivity contribution in [3.63, 3.8) is 0 Å². The minimum atomic E-state index is -0.659. The monoisotopic (exact) mass is 412 g/mol. The molecule has 0 aliphatic heterocycles. The molecule has 158 valence electrons. The number of nitrogens with one attached hydrogen (secondary N) is 2. The molecule has 0 fully saturated rings. The number of rotatable bonds is 9. The summed E-state index contributed by atoms with van der Waals surface area (Å²) in [4.78, 5) is 35.3. The molecule has 0 bridgehead atoms. The number of amides is 2. The van der Waals surface area contributed by atoms with Crippen LogP contribution in [0, 0.1) is 0 Å². The molecule has 30 heavy (non-hydrogen) atoms. The summed E-state index contributed by atoms with van der Waals surface area (Å²) in [5.41, 5.74) is 1.67. The molecule has 0 spiro atoms. The molecule has 0 unspecified atom stereocenters. The first-order valence-corrected chi connectivity index (χ1v) is 9.24. The molecule has 2 amide bonds. The van der Waals surface area contributed by atoms with Gasteiger partial charge in [-0.05, 0) is 55.0 Å². The lowest BCUT2D eigenvalue weighted by Gasteiger charge is -2.09. The van der Waals surface area contributed by atoms with Crippen molar-refractivity contribution in [2.24, 2.45) is 0 Å². The summed E-state index contributed by atoms with van der Waals surface area (Å²) in [6.45, 7) is 1.95. The van der Waals surface area contributed by atoms with E-state index in [0.29, 0.717) is 34.9 Å². The standard InChI is InChI=1S/C22H24N2O6/c1-4-29-18-11-5-15(13-19(18)28-3)6-12-21(26)30-14-20(25)24-17-9-7-16(8-10-17)22(27)23-2/h5-13H,4,14H2,1-3H3,(H,23,27)(H,24,25)/b12-6+. The summed E-state index contributed by atoms with van der Waals surface area (Å²) in [7, 11) is 3.07. The molecule has 8 heteroatoms. The third-order valence-corrected chi connectivity index (χ3v) is 3.90. The molecule has 0 saturated heterocycles. The summed E-state index contributed by atoms with van der Waals surface area (Å²) in [6.07, 6.45) is 2.77. The van der Waals surface area contributed by atoms with Crippen LogP contribution in [0.4, 0.5) is 5.69 Å². The Morgan fingerprint density at radius 3 is 2.40 bits per heavy atom. The predicted octanol–water partition coefficient (Wildman–Crippen LogP) is 2.65. The second kappa shape index (κ2) is 11.3. The number of carbonyl (C=O) groups excluding carboxylic acids is 3. The van der Waals surface area contributed by atoms with E-state index >= 15 is 0 Å². The first-order chi connectivity index (χ1) is 14.5. The maximum Gasteiger partial charge on any atom is 0.331 e. The quantitative estimate of drug-likeness (QED) is 0.485. The molecular formula is C22H24N2O6. The van der Waals surface area contributed by atoms with Gasteiger partial charge in [0.15, 0.2) is 18.1 Å². The highest BCUT2D eigenvalue weighted by atomic mass is 16.5. The molecule has 8 nitrogen and oxygen atoms in total. The van der Waals surface area contributed by atoms with Crippen molar-refractivity contribution in [1.82, 2.24) is 5.32 Å². The number of carbonyl (C=O) groups is 3. The fourth-order valence-corrected chi connectivity index (χ4v) is 2.46. The molecule has 0 heterocycles. The van der Waals surface area contributed by atoms with Crippen LogP contribution in [-0.2, 0) is 14.3 Å². The Kier molecular flexibility index (Phi) is 8.43. The van der Waals surface area contributed by atoms with Gasteiger partial charge in [0.25, 0.3) is 11.8 Å². The molecule has 0 atom stereocenters. The van der Waals surface area contributed by atoms with Gasteiger partial charge < -0.3 is 24.8 Å². The van der Waals surface area contributed by atoms with Gasteiger partial charge in [-0.2, -0.15) is 0 Å².